The van der Waals surface area contributed by atoms with Gasteiger partial charge in [-0.15, -0.1) is 0 Å². The molecule has 1 amide bonds. The lowest BCUT2D eigenvalue weighted by Gasteiger charge is -2.26. The van der Waals surface area contributed by atoms with Crippen molar-refractivity contribution in [3.05, 3.63) is 72.9 Å². The minimum absolute atomic E-state index is 0.107. The molecule has 0 radical (unpaired) electrons. The van der Waals surface area contributed by atoms with Gasteiger partial charge in [0.15, 0.2) is 11.5 Å². The molecular weight excluding hydrogens is 550 g/mol. The van der Waals surface area contributed by atoms with E-state index in [1.807, 2.05) is 37.3 Å². The number of nitrogen functional groups attached to an aromatic ring is 1. The number of amides is 1. The van der Waals surface area contributed by atoms with Crippen LogP contribution in [0.2, 0.25) is 0 Å². The van der Waals surface area contributed by atoms with Crippen molar-refractivity contribution in [2.75, 3.05) is 39.6 Å². The van der Waals surface area contributed by atoms with Crippen LogP contribution in [0.1, 0.15) is 12.5 Å². The van der Waals surface area contributed by atoms with E-state index in [0.29, 0.717) is 52.8 Å². The Labute approximate surface area is 248 Å². The maximum Gasteiger partial charge on any atom is 0.405 e. The maximum atomic E-state index is 11.6. The van der Waals surface area contributed by atoms with Crippen LogP contribution in [0.25, 0.3) is 32.9 Å². The van der Waals surface area contributed by atoms with Gasteiger partial charge in [-0.25, -0.2) is 9.78 Å². The van der Waals surface area contributed by atoms with E-state index in [4.69, 9.17) is 19.9 Å². The van der Waals surface area contributed by atoms with Crippen LogP contribution in [0.5, 0.6) is 17.2 Å². The lowest BCUT2D eigenvalue weighted by molar-refractivity contribution is 0.162. The summed E-state index contributed by atoms with van der Waals surface area (Å²) in [4.78, 5) is 31.2. The van der Waals surface area contributed by atoms with E-state index in [0.717, 1.165) is 28.4 Å². The van der Waals surface area contributed by atoms with Crippen molar-refractivity contribution in [2.24, 2.45) is 0 Å². The molecule has 43 heavy (non-hydrogen) atoms. The molecule has 4 heterocycles. The number of likely N-dealkylation sites (N-methyl/N-ethyl adjacent to an activating group) is 1. The van der Waals surface area contributed by atoms with Crippen molar-refractivity contribution in [1.82, 2.24) is 30.2 Å². The smallest absolute Gasteiger partial charge is 0.405 e. The lowest BCUT2D eigenvalue weighted by atomic mass is 10.0. The molecule has 0 aliphatic carbocycles. The fourth-order valence-electron chi connectivity index (χ4n) is 4.92. The van der Waals surface area contributed by atoms with Crippen molar-refractivity contribution < 1.29 is 24.1 Å². The van der Waals surface area contributed by atoms with Gasteiger partial charge in [0.25, 0.3) is 0 Å². The third kappa shape index (κ3) is 6.81. The number of benzene rings is 1. The predicted molar refractivity (Wildman–Crippen MR) is 163 cm³/mol. The standard InChI is InChI=1S/C31H33N7O5/c1-4-38(16-19-5-7-33-8-6-19)17-21(36-31(39)40)18-43-22-9-20(13-34-14-22)26-10-23-24-11-28(41-2)29(42-3)12-27(24)35-15-25(23)30(32)37-26/h5-15,21,36H,4,16-18H2,1-3H3,(H2,32,37)(H,39,40)/t21-/m0/s1. The molecule has 0 unspecified atom stereocenters. The van der Waals surface area contributed by atoms with Crippen LogP contribution in [0.15, 0.2) is 67.4 Å². The molecule has 5 rings (SSSR count). The Balaban J connectivity index is 1.39. The summed E-state index contributed by atoms with van der Waals surface area (Å²) in [6, 6.07) is 10.8. The molecule has 0 bridgehead atoms. The Hall–Kier alpha value is -5.23. The number of nitrogens with two attached hydrogens (primary N) is 1. The second-order valence-electron chi connectivity index (χ2n) is 9.89. The third-order valence-corrected chi connectivity index (χ3v) is 7.08. The molecular formula is C31H33N7O5. The lowest BCUT2D eigenvalue weighted by Crippen LogP contribution is -2.46. The fourth-order valence-corrected chi connectivity index (χ4v) is 4.92. The molecule has 0 spiro atoms. The highest BCUT2D eigenvalue weighted by Crippen LogP contribution is 2.37. The van der Waals surface area contributed by atoms with Crippen molar-refractivity contribution in [3.63, 3.8) is 0 Å². The number of methoxy groups -OCH3 is 2. The van der Waals surface area contributed by atoms with Crippen molar-refractivity contribution in [2.45, 2.75) is 19.5 Å². The largest absolute Gasteiger partial charge is 0.493 e. The topological polar surface area (TPSA) is 158 Å². The summed E-state index contributed by atoms with van der Waals surface area (Å²) in [6.07, 6.45) is 7.31. The highest BCUT2D eigenvalue weighted by Gasteiger charge is 2.18. The zero-order chi connectivity index (χ0) is 30.3. The van der Waals surface area contributed by atoms with Crippen molar-refractivity contribution >= 4 is 33.6 Å². The van der Waals surface area contributed by atoms with Gasteiger partial charge in [0, 0.05) is 60.3 Å². The van der Waals surface area contributed by atoms with Crippen molar-refractivity contribution in [1.29, 1.82) is 0 Å². The molecule has 1 aromatic carbocycles. The molecule has 4 aromatic heterocycles. The predicted octanol–water partition coefficient (Wildman–Crippen LogP) is 4.38. The average Bonchev–Trinajstić information content (AvgIpc) is 3.02. The molecule has 0 aliphatic heterocycles. The molecule has 4 N–H and O–H groups in total. The Morgan fingerprint density at radius 2 is 1.77 bits per heavy atom. The van der Waals surface area contributed by atoms with Gasteiger partial charge in [0.1, 0.15) is 18.2 Å². The molecule has 0 saturated heterocycles. The molecule has 1 atom stereocenters. The fraction of sp³-hybridized carbons (Fsp3) is 0.258. The zero-order valence-corrected chi connectivity index (χ0v) is 24.2. The molecule has 5 aromatic rings. The van der Waals surface area contributed by atoms with Crippen LogP contribution in [0.4, 0.5) is 10.6 Å². The van der Waals surface area contributed by atoms with E-state index in [9.17, 15) is 9.90 Å². The first-order valence-electron chi connectivity index (χ1n) is 13.7. The Morgan fingerprint density at radius 1 is 1.00 bits per heavy atom. The molecule has 12 heteroatoms. The Kier molecular flexibility index (Phi) is 8.96. The normalized spacial score (nSPS) is 11.9. The number of carboxylic acid groups (broad SMARTS) is 1. The molecule has 222 valence electrons. The number of carbonyl (C=O) groups is 1. The number of nitrogens with zero attached hydrogens (tertiary/aromatic N) is 5. The van der Waals surface area contributed by atoms with Crippen LogP contribution in [-0.2, 0) is 6.54 Å². The number of hydrogen-bond donors (Lipinski definition) is 3. The van der Waals surface area contributed by atoms with Crippen LogP contribution >= 0.6 is 0 Å². The average molecular weight is 584 g/mol. The van der Waals surface area contributed by atoms with Crippen molar-refractivity contribution in [3.8, 4) is 28.5 Å². The summed E-state index contributed by atoms with van der Waals surface area (Å²) in [5.41, 5.74) is 9.47. The summed E-state index contributed by atoms with van der Waals surface area (Å²) in [6.45, 7) is 3.98. The molecule has 0 aliphatic rings. The maximum absolute atomic E-state index is 11.6. The molecule has 0 fully saturated rings. The van der Waals surface area contributed by atoms with Crippen LogP contribution in [0.3, 0.4) is 0 Å². The van der Waals surface area contributed by atoms with Crippen LogP contribution in [0, 0.1) is 0 Å². The van der Waals surface area contributed by atoms with E-state index >= 15 is 0 Å². The van der Waals surface area contributed by atoms with E-state index in [1.54, 1.807) is 51.3 Å². The summed E-state index contributed by atoms with van der Waals surface area (Å²) in [5, 5.41) is 14.4. The van der Waals surface area contributed by atoms with Gasteiger partial charge in [0.05, 0.1) is 37.7 Å². The Morgan fingerprint density at radius 3 is 2.49 bits per heavy atom. The highest BCUT2D eigenvalue weighted by atomic mass is 16.5. The summed E-state index contributed by atoms with van der Waals surface area (Å²) >= 11 is 0. The SMILES string of the molecule is CCN(Cc1ccncc1)C[C@@H](COc1cncc(-c2cc3c(cnc4cc(OC)c(OC)cc43)c(N)n2)c1)NC(=O)O. The number of hydrogen-bond acceptors (Lipinski definition) is 10. The van der Waals surface area contributed by atoms with Gasteiger partial charge in [-0.3, -0.25) is 19.9 Å². The summed E-state index contributed by atoms with van der Waals surface area (Å²) in [5.74, 6) is 1.94. The zero-order valence-electron chi connectivity index (χ0n) is 24.2. The number of fused-ring (bicyclic) bond motifs is 3. The minimum atomic E-state index is -1.12. The van der Waals surface area contributed by atoms with Gasteiger partial charge in [-0.1, -0.05) is 6.92 Å². The second-order valence-corrected chi connectivity index (χ2v) is 9.89. The van der Waals surface area contributed by atoms with E-state index < -0.39 is 12.1 Å². The minimum Gasteiger partial charge on any atom is -0.493 e. The molecule has 0 saturated carbocycles. The van der Waals surface area contributed by atoms with Gasteiger partial charge < -0.3 is 30.4 Å². The van der Waals surface area contributed by atoms with E-state index in [-0.39, 0.29) is 6.61 Å². The van der Waals surface area contributed by atoms with Gasteiger partial charge in [0.2, 0.25) is 0 Å². The number of ether oxygens (including phenoxy) is 3. The van der Waals surface area contributed by atoms with Crippen LogP contribution in [-0.4, -0.2) is 76.0 Å². The van der Waals surface area contributed by atoms with Gasteiger partial charge >= 0.3 is 6.09 Å². The first-order valence-corrected chi connectivity index (χ1v) is 13.7. The van der Waals surface area contributed by atoms with E-state index in [2.05, 4.69) is 30.2 Å². The first kappa shape index (κ1) is 29.3. The number of nitrogens with one attached hydrogen (secondary N) is 1. The number of rotatable bonds is 12. The monoisotopic (exact) mass is 583 g/mol. The second kappa shape index (κ2) is 13.2. The highest BCUT2D eigenvalue weighted by molar-refractivity contribution is 6.10. The third-order valence-electron chi connectivity index (χ3n) is 7.08. The number of aromatic nitrogens is 4. The number of anilines is 1. The van der Waals surface area contributed by atoms with Gasteiger partial charge in [-0.05, 0) is 47.8 Å². The Bertz CT molecular complexity index is 1740. The summed E-state index contributed by atoms with van der Waals surface area (Å²) < 4.78 is 17.0. The van der Waals surface area contributed by atoms with E-state index in [1.165, 1.54) is 0 Å². The first-order chi connectivity index (χ1) is 20.9. The quantitative estimate of drug-likeness (QED) is 0.179. The number of pyridine rings is 4. The molecule has 12 nitrogen and oxygen atoms in total. The van der Waals surface area contributed by atoms with Crippen LogP contribution < -0.4 is 25.3 Å². The summed E-state index contributed by atoms with van der Waals surface area (Å²) in [7, 11) is 3.16. The van der Waals surface area contributed by atoms with Gasteiger partial charge in [-0.2, -0.15) is 0 Å².